The smallest absolute Gasteiger partial charge is 0.329 e. The molecule has 388 valence electrons. The normalized spacial score (nSPS) is 30.7. The predicted molar refractivity (Wildman–Crippen MR) is 280 cm³/mol. The second-order valence-corrected chi connectivity index (χ2v) is 34.1. The Labute approximate surface area is 432 Å². The molecule has 4 aliphatic heterocycles. The maximum absolute atomic E-state index is 13.6. The molecular weight excluding hydrogens is 1060 g/mol. The summed E-state index contributed by atoms with van der Waals surface area (Å²) in [4.78, 5) is 54.1. The maximum atomic E-state index is 13.6. The van der Waals surface area contributed by atoms with Crippen molar-refractivity contribution in [1.29, 1.82) is 0 Å². The molecule has 0 aromatic heterocycles. The lowest BCUT2D eigenvalue weighted by Gasteiger charge is -2.53. The third-order valence-corrected chi connectivity index (χ3v) is 27.4. The standard InChI is InChI=1S/2C25H37BrN2O6Si/c2*1-7-32-22(29)21-18-10-8-15-33-24(18)13-9-14-25(24,34-35(5,6)23(2,3)4)27(21)17-11-12-19(26)20(16-17)28(30)31/h2*11-12,16,18,21H,7-10,13-15H2,1-6H3/t2*18-,21+,24-,25-/m00/s1. The summed E-state index contributed by atoms with van der Waals surface area (Å²) in [5, 5.41) is 23.5. The topological polar surface area (TPSA) is 182 Å². The number of carbonyl (C=O) groups excluding carboxylic acids is 2. The van der Waals surface area contributed by atoms with Crippen LogP contribution >= 0.6 is 31.9 Å². The zero-order chi connectivity index (χ0) is 51.6. The van der Waals surface area contributed by atoms with Gasteiger partial charge in [-0.3, -0.25) is 20.2 Å². The van der Waals surface area contributed by atoms with Gasteiger partial charge in [0.05, 0.1) is 32.0 Å². The quantitative estimate of drug-likeness (QED) is 0.0847. The van der Waals surface area contributed by atoms with E-state index < -0.39 is 61.2 Å². The summed E-state index contributed by atoms with van der Waals surface area (Å²) in [7, 11) is -4.73. The Bertz CT molecular complexity index is 2190. The number of nitrogens with zero attached hydrogens (tertiary/aromatic N) is 4. The summed E-state index contributed by atoms with van der Waals surface area (Å²) in [6, 6.07) is 8.86. The molecule has 2 saturated carbocycles. The number of nitro groups is 2. The van der Waals surface area contributed by atoms with E-state index in [1.165, 1.54) is 0 Å². The molecule has 0 N–H and O–H groups in total. The summed E-state index contributed by atoms with van der Waals surface area (Å²) in [6.45, 7) is 27.4. The molecule has 6 aliphatic rings. The first-order valence-corrected chi connectivity index (χ1v) is 32.5. The van der Waals surface area contributed by atoms with E-state index in [0.717, 1.165) is 51.4 Å². The van der Waals surface area contributed by atoms with E-state index in [9.17, 15) is 29.8 Å². The van der Waals surface area contributed by atoms with Gasteiger partial charge in [0.2, 0.25) is 0 Å². The van der Waals surface area contributed by atoms with Gasteiger partial charge < -0.3 is 37.6 Å². The summed E-state index contributed by atoms with van der Waals surface area (Å²) in [5.74, 6) is -0.878. The van der Waals surface area contributed by atoms with E-state index in [1.807, 2.05) is 21.9 Å². The number of hydrogen-bond donors (Lipinski definition) is 0. The number of esters is 2. The van der Waals surface area contributed by atoms with Gasteiger partial charge >= 0.3 is 11.9 Å². The highest BCUT2D eigenvalue weighted by Crippen LogP contribution is 2.66. The van der Waals surface area contributed by atoms with Crippen LogP contribution in [0.3, 0.4) is 0 Å². The lowest BCUT2D eigenvalue weighted by Crippen LogP contribution is -2.65. The van der Waals surface area contributed by atoms with E-state index in [-0.39, 0.29) is 58.4 Å². The Morgan fingerprint density at radius 3 is 1.33 bits per heavy atom. The monoisotopic (exact) mass is 1140 g/mol. The Morgan fingerprint density at radius 1 is 0.657 bits per heavy atom. The molecular formula is C50H74Br2N4O12Si2. The highest BCUT2D eigenvalue weighted by atomic mass is 79.9. The van der Waals surface area contributed by atoms with Crippen LogP contribution in [0.15, 0.2) is 45.3 Å². The van der Waals surface area contributed by atoms with Crippen LogP contribution in [-0.2, 0) is 37.4 Å². The van der Waals surface area contributed by atoms with Gasteiger partial charge in [-0.05, 0) is 170 Å². The van der Waals surface area contributed by atoms with Gasteiger partial charge in [-0.2, -0.15) is 0 Å². The molecule has 70 heavy (non-hydrogen) atoms. The second kappa shape index (κ2) is 19.7. The zero-order valence-corrected chi connectivity index (χ0v) is 48.3. The van der Waals surface area contributed by atoms with E-state index >= 15 is 0 Å². The summed E-state index contributed by atoms with van der Waals surface area (Å²) in [6.07, 6.45) is 8.10. The number of nitro benzene ring substituents is 2. The van der Waals surface area contributed by atoms with Gasteiger partial charge in [0.25, 0.3) is 11.4 Å². The van der Waals surface area contributed by atoms with Crippen molar-refractivity contribution in [2.75, 3.05) is 36.2 Å². The Kier molecular flexibility index (Phi) is 15.4. The zero-order valence-electron chi connectivity index (χ0n) is 43.1. The fourth-order valence-corrected chi connectivity index (χ4v) is 16.1. The van der Waals surface area contributed by atoms with Crippen molar-refractivity contribution in [3.05, 3.63) is 65.6 Å². The van der Waals surface area contributed by atoms with E-state index in [2.05, 4.69) is 99.6 Å². The van der Waals surface area contributed by atoms with Crippen LogP contribution in [0.25, 0.3) is 0 Å². The van der Waals surface area contributed by atoms with Crippen LogP contribution < -0.4 is 9.80 Å². The second-order valence-electron chi connectivity index (χ2n) is 22.9. The average molecular weight is 1140 g/mol. The SMILES string of the molecule is CCOC(=O)[C@H]1[C@@H]2CCCO[C@@]23CCC[C@@]3(O[Si](C)(C)C(C)(C)C)N1c1ccc(Br)c([N+](=O)[O-])c1.CCOC(=O)[C@H]1[C@@H]2CCCO[C@@]23CCC[C@@]3(O[Si](C)(C)C(C)(C)C)N1c1ccc(Br)c([N+](=O)[O-])c1. The average Bonchev–Trinajstić information content (AvgIpc) is 3.93. The van der Waals surface area contributed by atoms with Gasteiger partial charge in [0, 0.05) is 48.6 Å². The molecule has 0 amide bonds. The first-order chi connectivity index (χ1) is 32.6. The first-order valence-electron chi connectivity index (χ1n) is 25.1. The molecule has 8 atom stereocenters. The molecule has 16 nitrogen and oxygen atoms in total. The third-order valence-electron chi connectivity index (χ3n) is 17.1. The van der Waals surface area contributed by atoms with Crippen molar-refractivity contribution in [2.24, 2.45) is 11.8 Å². The number of benzene rings is 2. The Morgan fingerprint density at radius 2 is 1.01 bits per heavy atom. The Balaban J connectivity index is 0.000000206. The minimum Gasteiger partial charge on any atom is -0.464 e. The van der Waals surface area contributed by atoms with Gasteiger partial charge in [0.15, 0.2) is 28.1 Å². The fraction of sp³-hybridized carbons (Fsp3) is 0.720. The lowest BCUT2D eigenvalue weighted by atomic mass is 9.77. The van der Waals surface area contributed by atoms with Crippen molar-refractivity contribution in [3.8, 4) is 0 Å². The molecule has 0 radical (unpaired) electrons. The number of carbonyl (C=O) groups is 2. The van der Waals surface area contributed by atoms with Crippen LogP contribution in [0.1, 0.15) is 120 Å². The summed E-state index contributed by atoms with van der Waals surface area (Å²) in [5.41, 5.74) is -2.04. The number of halogens is 2. The van der Waals surface area contributed by atoms with E-state index in [1.54, 1.807) is 38.1 Å². The van der Waals surface area contributed by atoms with Gasteiger partial charge in [-0.1, -0.05) is 41.5 Å². The van der Waals surface area contributed by atoms with Crippen molar-refractivity contribution in [3.63, 3.8) is 0 Å². The molecule has 2 spiro atoms. The van der Waals surface area contributed by atoms with Crippen molar-refractivity contribution in [2.45, 2.75) is 191 Å². The number of ether oxygens (including phenoxy) is 4. The molecule has 0 unspecified atom stereocenters. The highest BCUT2D eigenvalue weighted by Gasteiger charge is 2.77. The molecule has 0 bridgehead atoms. The van der Waals surface area contributed by atoms with Crippen molar-refractivity contribution >= 4 is 83.2 Å². The molecule has 2 aliphatic carbocycles. The molecule has 4 heterocycles. The van der Waals surface area contributed by atoms with Gasteiger partial charge in [-0.25, -0.2) is 9.59 Å². The van der Waals surface area contributed by atoms with Crippen molar-refractivity contribution in [1.82, 2.24) is 0 Å². The molecule has 20 heteroatoms. The summed E-state index contributed by atoms with van der Waals surface area (Å²) < 4.78 is 40.1. The summed E-state index contributed by atoms with van der Waals surface area (Å²) >= 11 is 6.62. The highest BCUT2D eigenvalue weighted by molar-refractivity contribution is 9.11. The molecule has 8 rings (SSSR count). The van der Waals surface area contributed by atoms with Crippen LogP contribution in [0, 0.1) is 32.1 Å². The maximum Gasteiger partial charge on any atom is 0.329 e. The molecule has 2 aromatic rings. The largest absolute Gasteiger partial charge is 0.464 e. The van der Waals surface area contributed by atoms with Crippen molar-refractivity contribution < 1.29 is 47.2 Å². The number of rotatable bonds is 12. The van der Waals surface area contributed by atoms with Crippen LogP contribution in [0.2, 0.25) is 36.3 Å². The Hall–Kier alpha value is -2.99. The molecule has 6 fully saturated rings. The fourth-order valence-electron chi connectivity index (χ4n) is 12.2. The number of hydrogen-bond acceptors (Lipinski definition) is 14. The van der Waals surface area contributed by atoms with Gasteiger partial charge in [0.1, 0.15) is 23.3 Å². The van der Waals surface area contributed by atoms with E-state index in [4.69, 9.17) is 27.8 Å². The number of anilines is 2. The van der Waals surface area contributed by atoms with Crippen LogP contribution in [0.5, 0.6) is 0 Å². The molecule has 2 aromatic carbocycles. The minimum atomic E-state index is -2.37. The molecule has 4 saturated heterocycles. The van der Waals surface area contributed by atoms with Gasteiger partial charge in [-0.15, -0.1) is 0 Å². The first kappa shape index (κ1) is 54.8. The lowest BCUT2D eigenvalue weighted by molar-refractivity contribution is -0.385. The third kappa shape index (κ3) is 8.90. The van der Waals surface area contributed by atoms with Crippen LogP contribution in [-0.4, -0.2) is 99.6 Å². The van der Waals surface area contributed by atoms with E-state index in [0.29, 0.717) is 46.4 Å². The predicted octanol–water partition coefficient (Wildman–Crippen LogP) is 12.4. The minimum absolute atomic E-state index is 0.0459. The van der Waals surface area contributed by atoms with Crippen LogP contribution in [0.4, 0.5) is 22.7 Å².